The number of aromatic amines is 1. The van der Waals surface area contributed by atoms with Gasteiger partial charge in [0, 0.05) is 42.4 Å². The summed E-state index contributed by atoms with van der Waals surface area (Å²) in [5, 5.41) is 57.7. The lowest BCUT2D eigenvalue weighted by Gasteiger charge is -2.32. The molecule has 13 atom stereocenters. The normalized spacial score (nSPS) is 25.0. The molecule has 30 heteroatoms. The number of hydrogen-bond acceptors (Lipinski definition) is 17. The molecule has 3 aromatic rings. The Morgan fingerprint density at radius 2 is 1.48 bits per heavy atom. The first-order valence-corrected chi connectivity index (χ1v) is 29.2. The van der Waals surface area contributed by atoms with Crippen molar-refractivity contribution in [1.82, 2.24) is 57.7 Å². The molecule has 464 valence electrons. The van der Waals surface area contributed by atoms with E-state index >= 15 is 4.21 Å². The van der Waals surface area contributed by atoms with Gasteiger partial charge in [0.05, 0.1) is 66.4 Å². The van der Waals surface area contributed by atoms with Crippen molar-refractivity contribution >= 4 is 92.4 Å². The molecule has 0 aliphatic carbocycles. The predicted octanol–water partition coefficient (Wildman–Crippen LogP) is -4.36. The summed E-state index contributed by atoms with van der Waals surface area (Å²) in [7, 11) is -0.788. The molecule has 0 saturated carbocycles. The highest BCUT2D eigenvalue weighted by atomic mass is 32.2. The van der Waals surface area contributed by atoms with Crippen molar-refractivity contribution in [2.24, 2.45) is 23.5 Å². The van der Waals surface area contributed by atoms with E-state index in [0.717, 1.165) is 4.90 Å². The van der Waals surface area contributed by atoms with Crippen molar-refractivity contribution in [3.05, 3.63) is 53.6 Å². The number of ether oxygens (including phenoxy) is 1. The maximum absolute atomic E-state index is 15.1. The SMILES string of the molecule is CC[C@H](C)[C@@H]1NC(=O)CNC(=O)[C@@H]2Cc3c([nH]c4cc(OCc5ccc(NC(=O)[C@H](C)NC(=O)[C@@H](NC)C(C)C)cc5)ccc34)S(=O)C[C@H](NC(=O)CNC1=O)C(=O)N[C@@H](CC(N)=O)C(=O)N1C[C@H](O)C[C@H]1C(=O)N[C@@H]([C@@H](C)[C@@H](O)CO)C(=O)N2. The van der Waals surface area contributed by atoms with Crippen molar-refractivity contribution in [3.8, 4) is 5.75 Å². The van der Waals surface area contributed by atoms with Gasteiger partial charge < -0.3 is 88.8 Å². The number of nitrogens with two attached hydrogens (primary N) is 1. The second-order valence-corrected chi connectivity index (χ2v) is 23.3. The highest BCUT2D eigenvalue weighted by Gasteiger charge is 2.45. The molecule has 16 N–H and O–H groups in total. The van der Waals surface area contributed by atoms with Gasteiger partial charge in [0.2, 0.25) is 65.0 Å². The van der Waals surface area contributed by atoms with Crippen molar-refractivity contribution in [2.75, 3.05) is 44.4 Å². The fraction of sp³-hybridized carbons (Fsp3) is 0.545. The summed E-state index contributed by atoms with van der Waals surface area (Å²) in [6, 6.07) is -0.234. The van der Waals surface area contributed by atoms with E-state index in [9.17, 15) is 68.1 Å². The van der Waals surface area contributed by atoms with E-state index in [2.05, 4.69) is 58.2 Å². The van der Waals surface area contributed by atoms with E-state index in [-0.39, 0.29) is 45.7 Å². The van der Waals surface area contributed by atoms with E-state index < -0.39 is 194 Å². The number of nitrogens with zero attached hydrogens (tertiary/aromatic N) is 1. The molecule has 1 fully saturated rings. The zero-order valence-electron chi connectivity index (χ0n) is 48.2. The quantitative estimate of drug-likeness (QED) is 0.0644. The molecule has 3 aliphatic heterocycles. The minimum atomic E-state index is -2.45. The average molecular weight is 1210 g/mol. The maximum Gasteiger partial charge on any atom is 0.246 e. The summed E-state index contributed by atoms with van der Waals surface area (Å²) in [6.45, 7) is 6.95. The lowest BCUT2D eigenvalue weighted by atomic mass is 9.93. The lowest BCUT2D eigenvalue weighted by Crippen LogP contribution is -2.62. The molecule has 2 bridgehead atoms. The van der Waals surface area contributed by atoms with Crippen LogP contribution in [0.25, 0.3) is 10.9 Å². The summed E-state index contributed by atoms with van der Waals surface area (Å²) in [4.78, 5) is 156. The molecule has 4 heterocycles. The smallest absolute Gasteiger partial charge is 0.246 e. The molecule has 0 radical (unpaired) electrons. The topological polar surface area (TPSA) is 440 Å². The molecule has 1 unspecified atom stereocenters. The van der Waals surface area contributed by atoms with Gasteiger partial charge >= 0.3 is 0 Å². The van der Waals surface area contributed by atoms with Crippen LogP contribution < -0.4 is 63.6 Å². The number of aliphatic hydroxyl groups excluding tert-OH is 3. The van der Waals surface area contributed by atoms with Crippen LogP contribution in [0.3, 0.4) is 0 Å². The number of rotatable bonds is 16. The average Bonchev–Trinajstić information content (AvgIpc) is 2.54. The predicted molar refractivity (Wildman–Crippen MR) is 305 cm³/mol. The Kier molecular flexibility index (Phi) is 23.0. The van der Waals surface area contributed by atoms with Gasteiger partial charge in [-0.25, -0.2) is 0 Å². The molecule has 2 aromatic carbocycles. The van der Waals surface area contributed by atoms with Gasteiger partial charge in [-0.05, 0) is 61.2 Å². The number of anilines is 1. The van der Waals surface area contributed by atoms with E-state index in [1.54, 1.807) is 64.2 Å². The molecule has 1 saturated heterocycles. The number of benzene rings is 2. The van der Waals surface area contributed by atoms with Crippen molar-refractivity contribution in [1.29, 1.82) is 0 Å². The summed E-state index contributed by atoms with van der Waals surface area (Å²) in [5.74, 6) is -12.6. The number of primary amides is 1. The van der Waals surface area contributed by atoms with E-state index in [4.69, 9.17) is 10.5 Å². The largest absolute Gasteiger partial charge is 0.489 e. The molecule has 11 amide bonds. The zero-order chi connectivity index (χ0) is 62.6. The second kappa shape index (κ2) is 29.6. The minimum absolute atomic E-state index is 0.0184. The third-order valence-electron chi connectivity index (χ3n) is 15.2. The number of likely N-dealkylation sites (N-methyl/N-ethyl adjacent to an activating group) is 1. The number of aliphatic hydroxyl groups is 3. The monoisotopic (exact) mass is 1210 g/mol. The molecule has 0 spiro atoms. The highest BCUT2D eigenvalue weighted by molar-refractivity contribution is 7.85. The van der Waals surface area contributed by atoms with E-state index in [0.29, 0.717) is 17.7 Å². The van der Waals surface area contributed by atoms with Gasteiger partial charge in [0.15, 0.2) is 0 Å². The number of fused-ring (bicyclic) bond motifs is 5. The standard InChI is InChI=1S/C55H77N13O16S/c1-8-26(4)45-51(79)59-19-42(73)62-38-24-85(83)54-34(33-14-13-32(16-35(33)65-54)84-23-29-9-11-30(12-10-29)61-47(75)28(6)60-52(80)44(57-7)25(2)3)17-36(48(76)58-20-43(74)66-45)63-53(81)46(27(5)40(71)22-69)67-50(78)39-15-31(70)21-68(39)55(82)37(18-41(56)72)64-49(38)77/h9-14,16,25-28,31,36-40,44-46,57,65,69-71H,8,15,17-24H2,1-7H3,(H2,56,72)(H,58,76)(H,59,79)(H,60,80)(H,61,75)(H,62,73)(H,63,81)(H,64,77)(H,66,74)(H,67,78)/t26-,27-,28-,31+,36-,37-,38-,39-,40-,44-,45-,46-,85?/m0/s1. The molecule has 1 aromatic heterocycles. The third-order valence-corrected chi connectivity index (χ3v) is 16.6. The first kappa shape index (κ1) is 66.1. The number of nitrogens with one attached hydrogen (secondary N) is 11. The van der Waals surface area contributed by atoms with Crippen molar-refractivity contribution in [3.63, 3.8) is 0 Å². The Morgan fingerprint density at radius 1 is 0.812 bits per heavy atom. The van der Waals surface area contributed by atoms with Crippen molar-refractivity contribution < 1.29 is 77.0 Å². The minimum Gasteiger partial charge on any atom is -0.489 e. The first-order chi connectivity index (χ1) is 40.2. The van der Waals surface area contributed by atoms with Crippen LogP contribution in [-0.4, -0.2) is 194 Å². The fourth-order valence-electron chi connectivity index (χ4n) is 10.0. The van der Waals surface area contributed by atoms with Crippen LogP contribution in [0.15, 0.2) is 47.5 Å². The van der Waals surface area contributed by atoms with Gasteiger partial charge in [-0.1, -0.05) is 53.2 Å². The van der Waals surface area contributed by atoms with Crippen LogP contribution in [0, 0.1) is 17.8 Å². The van der Waals surface area contributed by atoms with Crippen LogP contribution in [0.1, 0.15) is 71.9 Å². The highest BCUT2D eigenvalue weighted by Crippen LogP contribution is 2.31. The van der Waals surface area contributed by atoms with Crippen LogP contribution in [0.5, 0.6) is 5.75 Å². The molecule has 29 nitrogen and oxygen atoms in total. The number of carbonyl (C=O) groups is 11. The van der Waals surface area contributed by atoms with E-state index in [1.165, 1.54) is 13.0 Å². The molecule has 3 aliphatic rings. The summed E-state index contributed by atoms with van der Waals surface area (Å²) < 4.78 is 21.3. The number of hydrogen-bond donors (Lipinski definition) is 15. The van der Waals surface area contributed by atoms with Gasteiger partial charge in [-0.3, -0.25) is 56.9 Å². The Balaban J connectivity index is 1.43. The number of carbonyl (C=O) groups excluding carboxylic acids is 11. The van der Waals surface area contributed by atoms with Gasteiger partial charge in [0.25, 0.3) is 0 Å². The lowest BCUT2D eigenvalue weighted by molar-refractivity contribution is -0.144. The van der Waals surface area contributed by atoms with Crippen LogP contribution in [-0.2, 0) is 76.6 Å². The zero-order valence-corrected chi connectivity index (χ0v) is 49.0. The summed E-state index contributed by atoms with van der Waals surface area (Å²) >= 11 is 0. The van der Waals surface area contributed by atoms with Gasteiger partial charge in [-0.15, -0.1) is 0 Å². The number of amides is 11. The van der Waals surface area contributed by atoms with Crippen molar-refractivity contribution in [2.45, 2.75) is 139 Å². The molecular weight excluding hydrogens is 1130 g/mol. The Morgan fingerprint density at radius 3 is 2.12 bits per heavy atom. The van der Waals surface area contributed by atoms with E-state index in [1.807, 2.05) is 13.8 Å². The molecular formula is C55H77N13O16S. The molecule has 6 rings (SSSR count). The van der Waals surface area contributed by atoms with Gasteiger partial charge in [-0.2, -0.15) is 0 Å². The summed E-state index contributed by atoms with van der Waals surface area (Å²) in [6.07, 6.45) is -4.58. The number of aromatic nitrogens is 1. The Hall–Kier alpha value is -8.06. The summed E-state index contributed by atoms with van der Waals surface area (Å²) in [5.41, 5.74) is 6.97. The van der Waals surface area contributed by atoms with Crippen LogP contribution in [0.4, 0.5) is 5.69 Å². The Bertz CT molecular complexity index is 3030. The van der Waals surface area contributed by atoms with Gasteiger partial charge in [0.1, 0.15) is 59.7 Å². The molecule has 85 heavy (non-hydrogen) atoms. The number of H-pyrrole nitrogens is 1. The van der Waals surface area contributed by atoms with Crippen LogP contribution >= 0.6 is 0 Å². The first-order valence-electron chi connectivity index (χ1n) is 27.9. The maximum atomic E-state index is 15.1. The third kappa shape index (κ3) is 17.1. The Labute approximate surface area is 492 Å². The van der Waals surface area contributed by atoms with Crippen LogP contribution in [0.2, 0.25) is 0 Å². The fourth-order valence-corrected chi connectivity index (χ4v) is 11.4. The second-order valence-electron chi connectivity index (χ2n) is 21.8.